The van der Waals surface area contributed by atoms with Gasteiger partial charge in [0.25, 0.3) is 0 Å². The van der Waals surface area contributed by atoms with E-state index >= 15 is 0 Å². The van der Waals surface area contributed by atoms with Gasteiger partial charge in [-0.2, -0.15) is 0 Å². The van der Waals surface area contributed by atoms with Crippen LogP contribution in [0, 0.1) is 0 Å². The fourth-order valence-electron chi connectivity index (χ4n) is 2.20. The Morgan fingerprint density at radius 1 is 1.40 bits per heavy atom. The van der Waals surface area contributed by atoms with E-state index in [0.29, 0.717) is 6.17 Å². The zero-order valence-electron chi connectivity index (χ0n) is 9.28. The van der Waals surface area contributed by atoms with Gasteiger partial charge in [0.05, 0.1) is 6.17 Å². The Morgan fingerprint density at radius 3 is 2.87 bits per heavy atom. The van der Waals surface area contributed by atoms with Crippen LogP contribution in [-0.2, 0) is 6.54 Å². The molecule has 3 heteroatoms. The Kier molecular flexibility index (Phi) is 3.51. The van der Waals surface area contributed by atoms with Gasteiger partial charge in [0.1, 0.15) is 0 Å². The van der Waals surface area contributed by atoms with Gasteiger partial charge in [-0.15, -0.1) is 0 Å². The third kappa shape index (κ3) is 2.13. The standard InChI is InChI=1S/C12H17IN2/c1-3-6-12-14(2)11-8-5-4-7-10(11)9-15(12)13/h4-5,7-8,12H,3,6,9H2,1-2H3/t12-/m0/s1. The van der Waals surface area contributed by atoms with Crippen LogP contribution in [0.3, 0.4) is 0 Å². The lowest BCUT2D eigenvalue weighted by Gasteiger charge is -2.41. The number of hydrogen-bond donors (Lipinski definition) is 0. The predicted octanol–water partition coefficient (Wildman–Crippen LogP) is 3.41. The average molecular weight is 316 g/mol. The number of para-hydroxylation sites is 1. The Balaban J connectivity index is 2.30. The number of nitrogens with zero attached hydrogens (tertiary/aromatic N) is 2. The van der Waals surface area contributed by atoms with E-state index in [9.17, 15) is 0 Å². The second-order valence-corrected chi connectivity index (χ2v) is 5.31. The average Bonchev–Trinajstić information content (AvgIpc) is 2.24. The SMILES string of the molecule is CCC[C@@H]1N(I)Cc2ccccc2N1C. The maximum absolute atomic E-state index is 2.45. The molecule has 0 amide bonds. The van der Waals surface area contributed by atoms with Crippen LogP contribution in [0.5, 0.6) is 0 Å². The van der Waals surface area contributed by atoms with Crippen molar-refractivity contribution in [1.29, 1.82) is 0 Å². The lowest BCUT2D eigenvalue weighted by atomic mass is 10.1. The highest BCUT2D eigenvalue weighted by atomic mass is 127. The van der Waals surface area contributed by atoms with E-state index in [4.69, 9.17) is 0 Å². The van der Waals surface area contributed by atoms with Crippen LogP contribution in [0.1, 0.15) is 25.3 Å². The van der Waals surface area contributed by atoms with Gasteiger partial charge in [-0.25, -0.2) is 3.11 Å². The minimum atomic E-state index is 0.547. The molecule has 0 unspecified atom stereocenters. The lowest BCUT2D eigenvalue weighted by Crippen LogP contribution is -2.45. The van der Waals surface area contributed by atoms with E-state index in [1.807, 2.05) is 0 Å². The van der Waals surface area contributed by atoms with E-state index in [1.54, 1.807) is 0 Å². The molecule has 1 aromatic carbocycles. The van der Waals surface area contributed by atoms with Crippen molar-refractivity contribution in [3.63, 3.8) is 0 Å². The smallest absolute Gasteiger partial charge is 0.0907 e. The van der Waals surface area contributed by atoms with Crippen LogP contribution in [0.15, 0.2) is 24.3 Å². The number of halogens is 1. The van der Waals surface area contributed by atoms with E-state index in [1.165, 1.54) is 24.1 Å². The quantitative estimate of drug-likeness (QED) is 0.609. The summed E-state index contributed by atoms with van der Waals surface area (Å²) in [6.45, 7) is 3.31. The molecule has 15 heavy (non-hydrogen) atoms. The highest BCUT2D eigenvalue weighted by molar-refractivity contribution is 14.1. The highest BCUT2D eigenvalue weighted by Crippen LogP contribution is 2.33. The minimum Gasteiger partial charge on any atom is -0.358 e. The molecule has 0 bridgehead atoms. The van der Waals surface area contributed by atoms with Gasteiger partial charge in [0.2, 0.25) is 0 Å². The molecule has 0 fully saturated rings. The van der Waals surface area contributed by atoms with E-state index < -0.39 is 0 Å². The Bertz CT molecular complexity index is 340. The van der Waals surface area contributed by atoms with Crippen molar-refractivity contribution in [2.24, 2.45) is 0 Å². The minimum absolute atomic E-state index is 0.547. The van der Waals surface area contributed by atoms with Crippen LogP contribution >= 0.6 is 22.9 Å². The molecule has 0 aromatic heterocycles. The fraction of sp³-hybridized carbons (Fsp3) is 0.500. The summed E-state index contributed by atoms with van der Waals surface area (Å²) in [5.41, 5.74) is 2.82. The van der Waals surface area contributed by atoms with E-state index in [2.05, 4.69) is 69.1 Å². The third-order valence-corrected chi connectivity index (χ3v) is 3.99. The van der Waals surface area contributed by atoms with Crippen molar-refractivity contribution in [2.75, 3.05) is 11.9 Å². The number of rotatable bonds is 2. The zero-order valence-corrected chi connectivity index (χ0v) is 11.4. The summed E-state index contributed by atoms with van der Waals surface area (Å²) in [6.07, 6.45) is 3.01. The molecule has 2 rings (SSSR count). The molecule has 1 atom stereocenters. The van der Waals surface area contributed by atoms with Crippen LogP contribution in [0.2, 0.25) is 0 Å². The maximum atomic E-state index is 2.45. The van der Waals surface area contributed by atoms with Crippen LogP contribution in [0.4, 0.5) is 5.69 Å². The first-order valence-electron chi connectivity index (χ1n) is 5.47. The van der Waals surface area contributed by atoms with Gasteiger partial charge >= 0.3 is 0 Å². The maximum Gasteiger partial charge on any atom is 0.0907 e. The summed E-state index contributed by atoms with van der Waals surface area (Å²) in [5.74, 6) is 0. The number of anilines is 1. The van der Waals surface area contributed by atoms with Gasteiger partial charge in [0.15, 0.2) is 0 Å². The second kappa shape index (κ2) is 4.70. The molecule has 0 spiro atoms. The Hall–Kier alpha value is -0.290. The molecule has 1 heterocycles. The number of fused-ring (bicyclic) bond motifs is 1. The Labute approximate surface area is 106 Å². The van der Waals surface area contributed by atoms with Crippen LogP contribution in [0.25, 0.3) is 0 Å². The number of hydrogen-bond acceptors (Lipinski definition) is 2. The van der Waals surface area contributed by atoms with Crippen molar-refractivity contribution in [2.45, 2.75) is 32.5 Å². The fourth-order valence-corrected chi connectivity index (χ4v) is 3.22. The Morgan fingerprint density at radius 2 is 2.13 bits per heavy atom. The summed E-state index contributed by atoms with van der Waals surface area (Å²) in [4.78, 5) is 2.40. The van der Waals surface area contributed by atoms with Crippen LogP contribution in [-0.4, -0.2) is 16.3 Å². The van der Waals surface area contributed by atoms with Gasteiger partial charge in [-0.3, -0.25) is 0 Å². The molecule has 2 nitrogen and oxygen atoms in total. The molecule has 1 aliphatic rings. The first-order chi connectivity index (χ1) is 7.24. The lowest BCUT2D eigenvalue weighted by molar-refractivity contribution is 0.332. The summed E-state index contributed by atoms with van der Waals surface area (Å²) in [7, 11) is 2.20. The zero-order chi connectivity index (χ0) is 10.8. The van der Waals surface area contributed by atoms with Crippen molar-refractivity contribution < 1.29 is 0 Å². The molecule has 1 aromatic rings. The first kappa shape index (κ1) is 11.2. The van der Waals surface area contributed by atoms with Crippen molar-refractivity contribution in [1.82, 2.24) is 3.11 Å². The molecule has 1 aliphatic heterocycles. The normalized spacial score (nSPS) is 21.5. The van der Waals surface area contributed by atoms with Gasteiger partial charge in [0, 0.05) is 42.1 Å². The first-order valence-corrected chi connectivity index (χ1v) is 6.43. The van der Waals surface area contributed by atoms with Gasteiger partial charge in [-0.05, 0) is 18.1 Å². The van der Waals surface area contributed by atoms with E-state index in [-0.39, 0.29) is 0 Å². The van der Waals surface area contributed by atoms with Crippen LogP contribution < -0.4 is 4.90 Å². The summed E-state index contributed by atoms with van der Waals surface area (Å²) >= 11 is 2.45. The van der Waals surface area contributed by atoms with Crippen molar-refractivity contribution in [3.05, 3.63) is 29.8 Å². The largest absolute Gasteiger partial charge is 0.358 e. The molecule has 0 aliphatic carbocycles. The van der Waals surface area contributed by atoms with E-state index in [0.717, 1.165) is 6.54 Å². The summed E-state index contributed by atoms with van der Waals surface area (Å²) < 4.78 is 2.41. The molecular weight excluding hydrogens is 299 g/mol. The number of benzene rings is 1. The van der Waals surface area contributed by atoms with Crippen molar-refractivity contribution >= 4 is 28.6 Å². The summed E-state index contributed by atoms with van der Waals surface area (Å²) in [5, 5.41) is 0. The van der Waals surface area contributed by atoms with Gasteiger partial charge < -0.3 is 4.90 Å². The monoisotopic (exact) mass is 316 g/mol. The molecule has 0 radical (unpaired) electrons. The highest BCUT2D eigenvalue weighted by Gasteiger charge is 2.27. The van der Waals surface area contributed by atoms with Crippen molar-refractivity contribution in [3.8, 4) is 0 Å². The molecule has 0 N–H and O–H groups in total. The molecule has 0 saturated carbocycles. The molecular formula is C12H17IN2. The molecule has 82 valence electrons. The second-order valence-electron chi connectivity index (χ2n) is 4.07. The third-order valence-electron chi connectivity index (χ3n) is 3.01. The predicted molar refractivity (Wildman–Crippen MR) is 73.1 cm³/mol. The van der Waals surface area contributed by atoms with Gasteiger partial charge in [-0.1, -0.05) is 31.5 Å². The summed E-state index contributed by atoms with van der Waals surface area (Å²) in [6, 6.07) is 8.69. The molecule has 0 saturated heterocycles. The topological polar surface area (TPSA) is 6.48 Å².